The zero-order valence-electron chi connectivity index (χ0n) is 18.8. The summed E-state index contributed by atoms with van der Waals surface area (Å²) >= 11 is 0.741. The topological polar surface area (TPSA) is 127 Å². The number of aromatic nitrogens is 3. The largest absolute Gasteiger partial charge is 0.495 e. The standard InChI is InChI=1S/C22H23N5O4S2/c1-13(2)33(29,30)22-25-21(32-26-22)24-20(28)17(12-23)11-16-10-14(3)27(15(16)4)18-8-6-7-9-19(18)31-5/h6-11,13H,1-5H3,(H,24,25,26,28). The van der Waals surface area contributed by atoms with Gasteiger partial charge in [0.15, 0.2) is 0 Å². The summed E-state index contributed by atoms with van der Waals surface area (Å²) in [4.78, 5) is 16.6. The van der Waals surface area contributed by atoms with Gasteiger partial charge >= 0.3 is 0 Å². The first-order valence-corrected chi connectivity index (χ1v) is 12.2. The molecule has 9 nitrogen and oxygen atoms in total. The number of sulfone groups is 1. The summed E-state index contributed by atoms with van der Waals surface area (Å²) in [7, 11) is -2.07. The third-order valence-electron chi connectivity index (χ3n) is 4.96. The van der Waals surface area contributed by atoms with Crippen molar-refractivity contribution in [2.45, 2.75) is 38.1 Å². The molecule has 172 valence electrons. The van der Waals surface area contributed by atoms with E-state index >= 15 is 0 Å². The Bertz CT molecular complexity index is 1380. The average Bonchev–Trinajstić information content (AvgIpc) is 3.36. The lowest BCUT2D eigenvalue weighted by atomic mass is 10.1. The van der Waals surface area contributed by atoms with Gasteiger partial charge in [-0.1, -0.05) is 12.1 Å². The Morgan fingerprint density at radius 3 is 2.64 bits per heavy atom. The first kappa shape index (κ1) is 24.2. The highest BCUT2D eigenvalue weighted by Gasteiger charge is 2.25. The van der Waals surface area contributed by atoms with Gasteiger partial charge in [-0.05, 0) is 57.5 Å². The third-order valence-corrected chi connectivity index (χ3v) is 7.64. The molecule has 2 aromatic heterocycles. The molecule has 0 bridgehead atoms. The average molecular weight is 486 g/mol. The minimum atomic E-state index is -3.66. The van der Waals surface area contributed by atoms with Gasteiger partial charge in [0.05, 0.1) is 18.0 Å². The molecule has 0 saturated heterocycles. The number of nitrogens with zero attached hydrogens (tertiary/aromatic N) is 4. The third kappa shape index (κ3) is 4.81. The number of methoxy groups -OCH3 is 1. The molecule has 0 radical (unpaired) electrons. The van der Waals surface area contributed by atoms with Crippen LogP contribution in [0.5, 0.6) is 5.75 Å². The minimum absolute atomic E-state index is 0.000121. The lowest BCUT2D eigenvalue weighted by Gasteiger charge is -2.13. The second-order valence-electron chi connectivity index (χ2n) is 7.43. The molecule has 0 spiro atoms. The van der Waals surface area contributed by atoms with E-state index in [-0.39, 0.29) is 15.9 Å². The molecule has 3 aromatic rings. The maximum absolute atomic E-state index is 12.7. The number of hydrogen-bond acceptors (Lipinski definition) is 8. The fourth-order valence-electron chi connectivity index (χ4n) is 3.17. The number of carbonyl (C=O) groups excluding carboxylic acids is 1. The Morgan fingerprint density at radius 2 is 2.00 bits per heavy atom. The van der Waals surface area contributed by atoms with Crippen molar-refractivity contribution in [3.63, 3.8) is 0 Å². The van der Waals surface area contributed by atoms with E-state index in [0.717, 1.165) is 28.6 Å². The molecule has 0 saturated carbocycles. The number of nitrogens with one attached hydrogen (secondary N) is 1. The zero-order chi connectivity index (χ0) is 24.3. The van der Waals surface area contributed by atoms with Crippen molar-refractivity contribution in [3.05, 3.63) is 52.9 Å². The van der Waals surface area contributed by atoms with Crippen LogP contribution < -0.4 is 10.1 Å². The van der Waals surface area contributed by atoms with E-state index in [9.17, 15) is 18.5 Å². The highest BCUT2D eigenvalue weighted by atomic mass is 32.2. The number of aryl methyl sites for hydroxylation is 1. The summed E-state index contributed by atoms with van der Waals surface area (Å²) in [6, 6.07) is 11.3. The van der Waals surface area contributed by atoms with Gasteiger partial charge in [-0.15, -0.1) is 0 Å². The molecule has 2 heterocycles. The molecule has 0 unspecified atom stereocenters. The molecule has 1 amide bonds. The highest BCUT2D eigenvalue weighted by molar-refractivity contribution is 7.91. The van der Waals surface area contributed by atoms with Crippen LogP contribution in [0.2, 0.25) is 0 Å². The van der Waals surface area contributed by atoms with Gasteiger partial charge in [0, 0.05) is 22.9 Å². The van der Waals surface area contributed by atoms with Crippen LogP contribution in [0.4, 0.5) is 5.13 Å². The summed E-state index contributed by atoms with van der Waals surface area (Å²) in [6.07, 6.45) is 1.48. The van der Waals surface area contributed by atoms with Gasteiger partial charge in [-0.25, -0.2) is 8.42 Å². The smallest absolute Gasteiger partial charge is 0.268 e. The molecule has 11 heteroatoms. The number of rotatable bonds is 7. The predicted molar refractivity (Wildman–Crippen MR) is 126 cm³/mol. The highest BCUT2D eigenvalue weighted by Crippen LogP contribution is 2.29. The molecule has 0 atom stereocenters. The van der Waals surface area contributed by atoms with E-state index in [0.29, 0.717) is 11.3 Å². The van der Waals surface area contributed by atoms with Crippen molar-refractivity contribution in [2.24, 2.45) is 0 Å². The zero-order valence-corrected chi connectivity index (χ0v) is 20.4. The molecule has 0 fully saturated rings. The summed E-state index contributed by atoms with van der Waals surface area (Å²) in [5.74, 6) is -0.0132. The van der Waals surface area contributed by atoms with Crippen LogP contribution in [-0.4, -0.2) is 40.6 Å². The van der Waals surface area contributed by atoms with Crippen molar-refractivity contribution in [1.29, 1.82) is 5.26 Å². The first-order chi connectivity index (χ1) is 15.6. The van der Waals surface area contributed by atoms with Gasteiger partial charge in [-0.2, -0.15) is 14.6 Å². The maximum Gasteiger partial charge on any atom is 0.268 e. The second kappa shape index (κ2) is 9.56. The number of carbonyl (C=O) groups is 1. The SMILES string of the molecule is COc1ccccc1-n1c(C)cc(C=C(C#N)C(=O)Nc2nc(S(=O)(=O)C(C)C)ns2)c1C. The molecule has 1 aromatic carbocycles. The number of ether oxygens (including phenoxy) is 1. The molecule has 3 rings (SSSR count). The summed E-state index contributed by atoms with van der Waals surface area (Å²) in [5, 5.41) is 11.0. The molecule has 1 N–H and O–H groups in total. The molecular weight excluding hydrogens is 462 g/mol. The van der Waals surface area contributed by atoms with Crippen LogP contribution in [-0.2, 0) is 14.6 Å². The Morgan fingerprint density at radius 1 is 1.30 bits per heavy atom. The van der Waals surface area contributed by atoms with Gasteiger partial charge in [0.25, 0.3) is 11.1 Å². The normalized spacial score (nSPS) is 12.0. The number of hydrogen-bond donors (Lipinski definition) is 1. The van der Waals surface area contributed by atoms with Crippen molar-refractivity contribution in [1.82, 2.24) is 13.9 Å². The quantitative estimate of drug-likeness (QED) is 0.399. The Labute approximate surface area is 196 Å². The van der Waals surface area contributed by atoms with Crippen molar-refractivity contribution in [2.75, 3.05) is 12.4 Å². The van der Waals surface area contributed by atoms with Gasteiger partial charge < -0.3 is 9.30 Å². The summed E-state index contributed by atoms with van der Waals surface area (Å²) in [6.45, 7) is 6.84. The number of nitriles is 1. The van der Waals surface area contributed by atoms with Crippen LogP contribution in [0.1, 0.15) is 30.8 Å². The fourth-order valence-corrected chi connectivity index (χ4v) is 4.87. The van der Waals surface area contributed by atoms with Crippen LogP contribution in [0.3, 0.4) is 0 Å². The molecule has 0 aliphatic rings. The second-order valence-corrected chi connectivity index (χ2v) is 10.6. The van der Waals surface area contributed by atoms with E-state index in [1.165, 1.54) is 19.9 Å². The van der Waals surface area contributed by atoms with E-state index in [2.05, 4.69) is 14.7 Å². The van der Waals surface area contributed by atoms with E-state index in [1.54, 1.807) is 7.11 Å². The minimum Gasteiger partial charge on any atom is -0.495 e. The molecule has 0 aliphatic heterocycles. The summed E-state index contributed by atoms with van der Waals surface area (Å²) < 4.78 is 35.6. The van der Waals surface area contributed by atoms with Crippen LogP contribution in [0.15, 0.2) is 41.1 Å². The van der Waals surface area contributed by atoms with Crippen molar-refractivity contribution in [3.8, 4) is 17.5 Å². The van der Waals surface area contributed by atoms with E-state index in [1.807, 2.05) is 54.8 Å². The van der Waals surface area contributed by atoms with E-state index in [4.69, 9.17) is 4.74 Å². The van der Waals surface area contributed by atoms with Crippen LogP contribution in [0, 0.1) is 25.2 Å². The van der Waals surface area contributed by atoms with Gasteiger partial charge in [-0.3, -0.25) is 10.1 Å². The van der Waals surface area contributed by atoms with Gasteiger partial charge in [0.2, 0.25) is 15.0 Å². The Kier molecular flexibility index (Phi) is 7.00. The van der Waals surface area contributed by atoms with Crippen molar-refractivity contribution >= 4 is 38.5 Å². The number of benzene rings is 1. The number of amides is 1. The Balaban J connectivity index is 1.91. The molecular formula is C22H23N5O4S2. The van der Waals surface area contributed by atoms with E-state index < -0.39 is 21.0 Å². The first-order valence-electron chi connectivity index (χ1n) is 9.93. The lowest BCUT2D eigenvalue weighted by molar-refractivity contribution is -0.112. The van der Waals surface area contributed by atoms with Crippen LogP contribution >= 0.6 is 11.5 Å². The number of para-hydroxylation sites is 2. The van der Waals surface area contributed by atoms with Gasteiger partial charge in [0.1, 0.15) is 17.4 Å². The predicted octanol–water partition coefficient (Wildman–Crippen LogP) is 3.68. The molecule has 0 aliphatic carbocycles. The Hall–Kier alpha value is -3.49. The monoisotopic (exact) mass is 485 g/mol. The fraction of sp³-hybridized carbons (Fsp3) is 0.273. The number of anilines is 1. The maximum atomic E-state index is 12.7. The van der Waals surface area contributed by atoms with Crippen LogP contribution in [0.25, 0.3) is 11.8 Å². The lowest BCUT2D eigenvalue weighted by Crippen LogP contribution is -2.16. The van der Waals surface area contributed by atoms with Crippen molar-refractivity contribution < 1.29 is 17.9 Å². The summed E-state index contributed by atoms with van der Waals surface area (Å²) in [5.41, 5.74) is 3.09. The molecule has 33 heavy (non-hydrogen) atoms.